The highest BCUT2D eigenvalue weighted by Crippen LogP contribution is 2.14. The molecule has 0 saturated carbocycles. The van der Waals surface area contributed by atoms with Crippen LogP contribution in [-0.4, -0.2) is 36.6 Å². The zero-order valence-electron chi connectivity index (χ0n) is 20.3. The van der Waals surface area contributed by atoms with Crippen LogP contribution in [0.15, 0.2) is 60.7 Å². The minimum Gasteiger partial charge on any atom is -0.459 e. The predicted molar refractivity (Wildman–Crippen MR) is 134 cm³/mol. The molecule has 0 aliphatic rings. The van der Waals surface area contributed by atoms with Crippen molar-refractivity contribution < 1.29 is 9.53 Å². The number of nitrogens with zero attached hydrogens (tertiary/aromatic N) is 1. The Morgan fingerprint density at radius 3 is 2.34 bits per heavy atom. The fourth-order valence-corrected chi connectivity index (χ4v) is 3.24. The van der Waals surface area contributed by atoms with E-state index >= 15 is 0 Å². The number of aryl methyl sites for hydroxylation is 1. The summed E-state index contributed by atoms with van der Waals surface area (Å²) in [5.74, 6) is 6.42. The van der Waals surface area contributed by atoms with Crippen LogP contribution in [-0.2, 0) is 16.0 Å². The van der Waals surface area contributed by atoms with Crippen LogP contribution in [0.2, 0.25) is 0 Å². The molecule has 170 valence electrons. The number of rotatable bonds is 9. The lowest BCUT2D eigenvalue weighted by Crippen LogP contribution is -2.32. The second-order valence-electron chi connectivity index (χ2n) is 9.17. The van der Waals surface area contributed by atoms with Crippen molar-refractivity contribution in [1.82, 2.24) is 4.90 Å². The number of hydrogen-bond donors (Lipinski definition) is 0. The van der Waals surface area contributed by atoms with Crippen LogP contribution in [0.25, 0.3) is 5.57 Å². The van der Waals surface area contributed by atoms with Crippen molar-refractivity contribution in [1.29, 1.82) is 0 Å². The molecule has 0 radical (unpaired) electrons. The predicted octanol–water partition coefficient (Wildman–Crippen LogP) is 6.13. The Morgan fingerprint density at radius 2 is 1.72 bits per heavy atom. The number of unbranched alkanes of at least 4 members (excludes halogenated alkanes) is 2. The van der Waals surface area contributed by atoms with Gasteiger partial charge in [0, 0.05) is 17.7 Å². The number of esters is 1. The number of benzene rings is 2. The first-order valence-corrected chi connectivity index (χ1v) is 11.5. The summed E-state index contributed by atoms with van der Waals surface area (Å²) in [5, 5.41) is 0. The SMILES string of the molecule is CCCCCc1ccc(C#CC(=CCN(C)CC(=O)OC(C)(C)C)c2ccccc2)cc1. The van der Waals surface area contributed by atoms with Gasteiger partial charge in [0.2, 0.25) is 0 Å². The molecular weight excluding hydrogens is 394 g/mol. The van der Waals surface area contributed by atoms with Gasteiger partial charge in [-0.1, -0.05) is 80.1 Å². The zero-order valence-corrected chi connectivity index (χ0v) is 20.3. The van der Waals surface area contributed by atoms with Crippen molar-refractivity contribution in [3.63, 3.8) is 0 Å². The summed E-state index contributed by atoms with van der Waals surface area (Å²) in [4.78, 5) is 14.0. The maximum Gasteiger partial charge on any atom is 0.320 e. The highest BCUT2D eigenvalue weighted by Gasteiger charge is 2.17. The Bertz CT molecular complexity index is 925. The third-order valence-corrected chi connectivity index (χ3v) is 4.88. The van der Waals surface area contributed by atoms with Crippen LogP contribution in [0.4, 0.5) is 0 Å². The Hall–Kier alpha value is -2.83. The van der Waals surface area contributed by atoms with Gasteiger partial charge in [-0.15, -0.1) is 0 Å². The average Bonchev–Trinajstić information content (AvgIpc) is 2.74. The van der Waals surface area contributed by atoms with Gasteiger partial charge in [0.1, 0.15) is 5.60 Å². The molecule has 0 aromatic heterocycles. The van der Waals surface area contributed by atoms with Crippen molar-refractivity contribution in [3.8, 4) is 11.8 Å². The van der Waals surface area contributed by atoms with Crippen molar-refractivity contribution in [2.45, 2.75) is 59.0 Å². The zero-order chi connectivity index (χ0) is 23.4. The molecule has 0 heterocycles. The molecule has 2 rings (SSSR count). The molecule has 0 saturated heterocycles. The van der Waals surface area contributed by atoms with Gasteiger partial charge in [0.15, 0.2) is 0 Å². The highest BCUT2D eigenvalue weighted by atomic mass is 16.6. The van der Waals surface area contributed by atoms with Crippen molar-refractivity contribution >= 4 is 11.5 Å². The van der Waals surface area contributed by atoms with Crippen LogP contribution in [0, 0.1) is 11.8 Å². The van der Waals surface area contributed by atoms with Crippen LogP contribution >= 0.6 is 0 Å². The Morgan fingerprint density at radius 1 is 1.03 bits per heavy atom. The number of carbonyl (C=O) groups excluding carboxylic acids is 1. The molecule has 0 amide bonds. The van der Waals surface area contributed by atoms with E-state index in [0.717, 1.165) is 23.1 Å². The topological polar surface area (TPSA) is 29.5 Å². The Balaban J connectivity index is 2.09. The van der Waals surface area contributed by atoms with Gasteiger partial charge in [0.25, 0.3) is 0 Å². The third-order valence-electron chi connectivity index (χ3n) is 4.88. The molecule has 0 fully saturated rings. The number of carbonyl (C=O) groups is 1. The second-order valence-corrected chi connectivity index (χ2v) is 9.17. The summed E-state index contributed by atoms with van der Waals surface area (Å²) in [6.07, 6.45) is 6.95. The molecule has 0 aliphatic carbocycles. The molecule has 0 atom stereocenters. The minimum atomic E-state index is -0.472. The first-order valence-electron chi connectivity index (χ1n) is 11.5. The van der Waals surface area contributed by atoms with Crippen molar-refractivity contribution in [3.05, 3.63) is 77.4 Å². The quantitative estimate of drug-likeness (QED) is 0.272. The van der Waals surface area contributed by atoms with E-state index in [1.165, 1.54) is 24.8 Å². The van der Waals surface area contributed by atoms with Crippen molar-refractivity contribution in [2.75, 3.05) is 20.1 Å². The fourth-order valence-electron chi connectivity index (χ4n) is 3.24. The Labute approximate surface area is 194 Å². The van der Waals surface area contributed by atoms with Crippen LogP contribution < -0.4 is 0 Å². The minimum absolute atomic E-state index is 0.222. The van der Waals surface area contributed by atoms with Gasteiger partial charge in [-0.05, 0) is 63.9 Å². The van der Waals surface area contributed by atoms with E-state index in [9.17, 15) is 4.79 Å². The summed E-state index contributed by atoms with van der Waals surface area (Å²) < 4.78 is 5.42. The maximum absolute atomic E-state index is 12.1. The van der Waals surface area contributed by atoms with Crippen molar-refractivity contribution in [2.24, 2.45) is 0 Å². The van der Waals surface area contributed by atoms with E-state index < -0.39 is 5.60 Å². The third kappa shape index (κ3) is 9.98. The molecule has 3 heteroatoms. The molecule has 32 heavy (non-hydrogen) atoms. The maximum atomic E-state index is 12.1. The standard InChI is InChI=1S/C29H37NO2/c1-6-7-9-12-24-15-17-25(18-16-24)19-20-27(26-13-10-8-11-14-26)21-22-30(5)23-28(31)32-29(2,3)4/h8,10-11,13-18,21H,6-7,9,12,22-23H2,1-5H3. The van der Waals surface area contributed by atoms with E-state index in [4.69, 9.17) is 4.74 Å². The van der Waals surface area contributed by atoms with Crippen LogP contribution in [0.1, 0.15) is 63.6 Å². The molecular formula is C29H37NO2. The summed E-state index contributed by atoms with van der Waals surface area (Å²) in [6.45, 7) is 8.71. The van der Waals surface area contributed by atoms with Crippen LogP contribution in [0.3, 0.4) is 0 Å². The second kappa shape index (κ2) is 12.9. The molecule has 0 bridgehead atoms. The smallest absolute Gasteiger partial charge is 0.320 e. The normalized spacial score (nSPS) is 11.8. The first kappa shape index (κ1) is 25.4. The van der Waals surface area contributed by atoms with Gasteiger partial charge in [0.05, 0.1) is 6.54 Å². The van der Waals surface area contributed by atoms with E-state index in [2.05, 4.69) is 61.2 Å². The summed E-state index contributed by atoms with van der Waals surface area (Å²) in [6, 6.07) is 18.7. The van der Waals surface area contributed by atoms with Gasteiger partial charge in [-0.2, -0.15) is 0 Å². The molecule has 0 aliphatic heterocycles. The Kier molecular flexibility index (Phi) is 10.2. The molecule has 2 aromatic carbocycles. The highest BCUT2D eigenvalue weighted by molar-refractivity contribution is 5.79. The molecule has 0 unspecified atom stereocenters. The monoisotopic (exact) mass is 431 g/mol. The van der Waals surface area contributed by atoms with E-state index in [1.54, 1.807) is 0 Å². The van der Waals surface area contributed by atoms with Gasteiger partial charge in [-0.25, -0.2) is 0 Å². The number of ether oxygens (including phenoxy) is 1. The lowest BCUT2D eigenvalue weighted by Gasteiger charge is -2.22. The molecule has 2 aromatic rings. The fraction of sp³-hybridized carbons (Fsp3) is 0.414. The van der Waals surface area contributed by atoms with E-state index in [1.807, 2.05) is 50.9 Å². The van der Waals surface area contributed by atoms with Gasteiger partial charge in [-0.3, -0.25) is 9.69 Å². The van der Waals surface area contributed by atoms with Gasteiger partial charge >= 0.3 is 5.97 Å². The first-order chi connectivity index (χ1) is 15.3. The van der Waals surface area contributed by atoms with E-state index in [-0.39, 0.29) is 12.5 Å². The number of likely N-dealkylation sites (N-methyl/N-ethyl adjacent to an activating group) is 1. The largest absolute Gasteiger partial charge is 0.459 e. The molecule has 3 nitrogen and oxygen atoms in total. The van der Waals surface area contributed by atoms with Crippen LogP contribution in [0.5, 0.6) is 0 Å². The summed E-state index contributed by atoms with van der Waals surface area (Å²) in [7, 11) is 1.91. The average molecular weight is 432 g/mol. The summed E-state index contributed by atoms with van der Waals surface area (Å²) in [5.41, 5.74) is 3.93. The summed E-state index contributed by atoms with van der Waals surface area (Å²) >= 11 is 0. The van der Waals surface area contributed by atoms with Gasteiger partial charge < -0.3 is 4.74 Å². The van der Waals surface area contributed by atoms with E-state index in [0.29, 0.717) is 6.54 Å². The number of hydrogen-bond acceptors (Lipinski definition) is 3. The molecule has 0 spiro atoms. The number of allylic oxidation sites excluding steroid dienone is 1. The lowest BCUT2D eigenvalue weighted by molar-refractivity contribution is -0.155. The lowest BCUT2D eigenvalue weighted by atomic mass is 10.0. The molecule has 0 N–H and O–H groups in total.